The van der Waals surface area contributed by atoms with Crippen LogP contribution in [0, 0.1) is 5.92 Å². The van der Waals surface area contributed by atoms with E-state index >= 15 is 0 Å². The van der Waals surface area contributed by atoms with Gasteiger partial charge < -0.3 is 5.32 Å². The second-order valence-electron chi connectivity index (χ2n) is 5.35. The summed E-state index contributed by atoms with van der Waals surface area (Å²) in [6.45, 7) is 5.42. The molecule has 2 rings (SSSR count). The van der Waals surface area contributed by atoms with Crippen molar-refractivity contribution in [2.75, 3.05) is 12.3 Å². The number of hydrogen-bond acceptors (Lipinski definition) is 2. The van der Waals surface area contributed by atoms with Gasteiger partial charge in [0, 0.05) is 10.9 Å². The zero-order chi connectivity index (χ0) is 14.5. The molecule has 112 valence electrons. The van der Waals surface area contributed by atoms with E-state index in [-0.39, 0.29) is 5.75 Å². The van der Waals surface area contributed by atoms with Crippen molar-refractivity contribution in [2.45, 2.75) is 50.0 Å². The summed E-state index contributed by atoms with van der Waals surface area (Å²) in [6.07, 6.45) is 0.136. The third-order valence-electron chi connectivity index (χ3n) is 4.16. The van der Waals surface area contributed by atoms with Gasteiger partial charge in [0.1, 0.15) is 0 Å². The lowest BCUT2D eigenvalue weighted by atomic mass is 9.65. The molecule has 1 aliphatic rings. The molecule has 3 unspecified atom stereocenters. The van der Waals surface area contributed by atoms with E-state index in [2.05, 4.69) is 31.3 Å². The molecule has 1 aromatic rings. The lowest BCUT2D eigenvalue weighted by molar-refractivity contribution is 0.163. The van der Waals surface area contributed by atoms with E-state index in [9.17, 15) is 8.78 Å². The van der Waals surface area contributed by atoms with Gasteiger partial charge in [0.2, 0.25) is 6.43 Å². The van der Waals surface area contributed by atoms with Gasteiger partial charge in [-0.05, 0) is 42.5 Å². The van der Waals surface area contributed by atoms with Crippen molar-refractivity contribution in [2.24, 2.45) is 5.92 Å². The van der Waals surface area contributed by atoms with Gasteiger partial charge in [-0.3, -0.25) is 0 Å². The molecule has 4 heteroatoms. The smallest absolute Gasteiger partial charge is 0.247 e. The summed E-state index contributed by atoms with van der Waals surface area (Å²) in [7, 11) is 0. The molecule has 1 aliphatic carbocycles. The monoisotopic (exact) mass is 299 g/mol. The van der Waals surface area contributed by atoms with Gasteiger partial charge in [0.25, 0.3) is 0 Å². The summed E-state index contributed by atoms with van der Waals surface area (Å²) in [5.74, 6) is 1.20. The second kappa shape index (κ2) is 7.41. The zero-order valence-corrected chi connectivity index (χ0v) is 12.9. The Labute approximate surface area is 124 Å². The molecule has 3 atom stereocenters. The lowest BCUT2D eigenvalue weighted by Gasteiger charge is -2.45. The average molecular weight is 299 g/mol. The average Bonchev–Trinajstić information content (AvgIpc) is 2.42. The fraction of sp³-hybridized carbons (Fsp3) is 0.625. The van der Waals surface area contributed by atoms with E-state index in [1.54, 1.807) is 0 Å². The third kappa shape index (κ3) is 3.73. The predicted molar refractivity (Wildman–Crippen MR) is 81.8 cm³/mol. The van der Waals surface area contributed by atoms with E-state index in [0.29, 0.717) is 17.9 Å². The van der Waals surface area contributed by atoms with Gasteiger partial charge >= 0.3 is 0 Å². The Morgan fingerprint density at radius 1 is 1.25 bits per heavy atom. The number of alkyl halides is 2. The van der Waals surface area contributed by atoms with Gasteiger partial charge in [0.05, 0.1) is 5.75 Å². The minimum Gasteiger partial charge on any atom is -0.314 e. The van der Waals surface area contributed by atoms with Crippen LogP contribution < -0.4 is 5.32 Å². The predicted octanol–water partition coefficient (Wildman–Crippen LogP) is 4.54. The summed E-state index contributed by atoms with van der Waals surface area (Å²) < 4.78 is 24.4. The molecule has 1 aromatic carbocycles. The highest BCUT2D eigenvalue weighted by Gasteiger charge is 2.39. The topological polar surface area (TPSA) is 12.0 Å². The fourth-order valence-corrected chi connectivity index (χ4v) is 3.77. The molecule has 0 heterocycles. The van der Waals surface area contributed by atoms with Crippen LogP contribution in [-0.4, -0.2) is 24.8 Å². The molecule has 1 N–H and O–H groups in total. The SMILES string of the molecule is CCNC1CC(c2ccc(SCC(F)F)cc2)C1CC. The first-order valence-electron chi connectivity index (χ1n) is 7.40. The van der Waals surface area contributed by atoms with E-state index in [0.717, 1.165) is 11.4 Å². The van der Waals surface area contributed by atoms with Crippen molar-refractivity contribution in [3.63, 3.8) is 0 Å². The lowest BCUT2D eigenvalue weighted by Crippen LogP contribution is -2.48. The molecule has 0 radical (unpaired) electrons. The summed E-state index contributed by atoms with van der Waals surface area (Å²) in [5, 5.41) is 3.54. The number of benzene rings is 1. The number of nitrogens with one attached hydrogen (secondary N) is 1. The highest BCUT2D eigenvalue weighted by molar-refractivity contribution is 7.99. The number of thioether (sulfide) groups is 1. The summed E-state index contributed by atoms with van der Waals surface area (Å²) in [4.78, 5) is 0.935. The van der Waals surface area contributed by atoms with Crippen LogP contribution in [0.2, 0.25) is 0 Å². The molecule has 0 bridgehead atoms. The first-order chi connectivity index (χ1) is 9.65. The van der Waals surface area contributed by atoms with Crippen LogP contribution in [0.15, 0.2) is 29.2 Å². The van der Waals surface area contributed by atoms with Crippen molar-refractivity contribution < 1.29 is 8.78 Å². The van der Waals surface area contributed by atoms with E-state index in [4.69, 9.17) is 0 Å². The van der Waals surface area contributed by atoms with Gasteiger partial charge in [-0.15, -0.1) is 11.8 Å². The molecule has 1 saturated carbocycles. The molecule has 0 spiro atoms. The van der Waals surface area contributed by atoms with Crippen LogP contribution in [0.1, 0.15) is 38.2 Å². The van der Waals surface area contributed by atoms with Gasteiger partial charge in [-0.25, -0.2) is 8.78 Å². The Hall–Kier alpha value is -0.610. The molecule has 20 heavy (non-hydrogen) atoms. The van der Waals surface area contributed by atoms with E-state index in [1.165, 1.54) is 30.2 Å². The molecule has 0 aliphatic heterocycles. The van der Waals surface area contributed by atoms with Gasteiger partial charge in [0.15, 0.2) is 0 Å². The first-order valence-corrected chi connectivity index (χ1v) is 8.38. The van der Waals surface area contributed by atoms with Crippen molar-refractivity contribution in [3.05, 3.63) is 29.8 Å². The maximum atomic E-state index is 12.2. The molecule has 0 aromatic heterocycles. The van der Waals surface area contributed by atoms with Crippen LogP contribution in [0.5, 0.6) is 0 Å². The van der Waals surface area contributed by atoms with Crippen LogP contribution in [0.3, 0.4) is 0 Å². The molecule has 1 nitrogen and oxygen atoms in total. The Kier molecular flexibility index (Phi) is 5.85. The maximum absolute atomic E-state index is 12.2. The first kappa shape index (κ1) is 15.8. The van der Waals surface area contributed by atoms with Crippen molar-refractivity contribution in [1.29, 1.82) is 0 Å². The molecule has 1 fully saturated rings. The molecular weight excluding hydrogens is 276 g/mol. The normalized spacial score (nSPS) is 25.8. The summed E-state index contributed by atoms with van der Waals surface area (Å²) in [6, 6.07) is 8.83. The summed E-state index contributed by atoms with van der Waals surface area (Å²) in [5.41, 5.74) is 1.35. The van der Waals surface area contributed by atoms with Crippen LogP contribution >= 0.6 is 11.8 Å². The minimum absolute atomic E-state index is 0.122. The fourth-order valence-electron chi connectivity index (χ4n) is 3.13. The molecular formula is C16H23F2NS. The number of halogens is 2. The Bertz CT molecular complexity index is 407. The number of hydrogen-bond donors (Lipinski definition) is 1. The quantitative estimate of drug-likeness (QED) is 0.742. The molecule has 0 saturated heterocycles. The van der Waals surface area contributed by atoms with Crippen molar-refractivity contribution in [3.8, 4) is 0 Å². The Morgan fingerprint density at radius 2 is 1.95 bits per heavy atom. The van der Waals surface area contributed by atoms with Gasteiger partial charge in [-0.2, -0.15) is 0 Å². The zero-order valence-electron chi connectivity index (χ0n) is 12.1. The highest BCUT2D eigenvalue weighted by Crippen LogP contribution is 2.44. The summed E-state index contributed by atoms with van der Waals surface area (Å²) >= 11 is 1.23. The number of rotatable bonds is 7. The standard InChI is InChI=1S/C16H23F2NS/c1-3-13-14(9-15(13)19-4-2)11-5-7-12(8-6-11)20-10-16(17)18/h5-8,13-16,19H,3-4,9-10H2,1-2H3. The largest absolute Gasteiger partial charge is 0.314 e. The van der Waals surface area contributed by atoms with E-state index in [1.807, 2.05) is 12.1 Å². The highest BCUT2D eigenvalue weighted by atomic mass is 32.2. The van der Waals surface area contributed by atoms with Crippen LogP contribution in [0.25, 0.3) is 0 Å². The third-order valence-corrected chi connectivity index (χ3v) is 5.19. The second-order valence-corrected chi connectivity index (χ2v) is 6.44. The Morgan fingerprint density at radius 3 is 2.50 bits per heavy atom. The minimum atomic E-state index is -2.24. The molecule has 0 amide bonds. The van der Waals surface area contributed by atoms with Crippen molar-refractivity contribution >= 4 is 11.8 Å². The van der Waals surface area contributed by atoms with Crippen LogP contribution in [-0.2, 0) is 0 Å². The van der Waals surface area contributed by atoms with Crippen LogP contribution in [0.4, 0.5) is 8.78 Å². The maximum Gasteiger partial charge on any atom is 0.247 e. The van der Waals surface area contributed by atoms with Crippen molar-refractivity contribution in [1.82, 2.24) is 5.32 Å². The van der Waals surface area contributed by atoms with Gasteiger partial charge in [-0.1, -0.05) is 32.4 Å². The van der Waals surface area contributed by atoms with E-state index < -0.39 is 6.43 Å². The Balaban J connectivity index is 1.93.